The van der Waals surface area contributed by atoms with Gasteiger partial charge in [-0.05, 0) is 24.2 Å². The van der Waals surface area contributed by atoms with Crippen molar-refractivity contribution >= 4 is 0 Å². The molecule has 1 heterocycles. The number of nitrogens with zero attached hydrogens (tertiary/aromatic N) is 1. The largest absolute Gasteiger partial charge is 0.522 e. The fraction of sp³-hybridized carbons (Fsp3) is 1.00. The van der Waals surface area contributed by atoms with Gasteiger partial charge >= 0.3 is 6.36 Å². The van der Waals surface area contributed by atoms with Gasteiger partial charge in [-0.25, -0.2) is 0 Å². The molecule has 2 aliphatic rings. The van der Waals surface area contributed by atoms with E-state index in [0.29, 0.717) is 18.5 Å². The van der Waals surface area contributed by atoms with Crippen molar-refractivity contribution < 1.29 is 17.9 Å². The zero-order valence-corrected chi connectivity index (χ0v) is 12.5. The van der Waals surface area contributed by atoms with Crippen molar-refractivity contribution in [2.45, 2.75) is 52.1 Å². The molecule has 2 atom stereocenters. The van der Waals surface area contributed by atoms with E-state index in [1.54, 1.807) is 0 Å². The molecule has 0 radical (unpaired) electrons. The molecule has 0 amide bonds. The second-order valence-electron chi connectivity index (χ2n) is 7.02. The van der Waals surface area contributed by atoms with Gasteiger partial charge in [-0.3, -0.25) is 9.64 Å². The van der Waals surface area contributed by atoms with Crippen molar-refractivity contribution in [3.05, 3.63) is 0 Å². The molecule has 2 unspecified atom stereocenters. The van der Waals surface area contributed by atoms with E-state index in [4.69, 9.17) is 0 Å². The van der Waals surface area contributed by atoms with E-state index in [-0.39, 0.29) is 18.1 Å². The summed E-state index contributed by atoms with van der Waals surface area (Å²) in [5.41, 5.74) is 0.0414. The normalized spacial score (nSPS) is 29.7. The molecule has 1 saturated carbocycles. The summed E-state index contributed by atoms with van der Waals surface area (Å²) in [6.07, 6.45) is -2.04. The molecule has 2 rings (SSSR count). The maximum atomic E-state index is 12.1. The number of piperazine rings is 1. The van der Waals surface area contributed by atoms with Crippen molar-refractivity contribution in [1.29, 1.82) is 0 Å². The van der Waals surface area contributed by atoms with Gasteiger partial charge in [-0.15, -0.1) is 13.2 Å². The summed E-state index contributed by atoms with van der Waals surface area (Å²) in [7, 11) is 0. The second-order valence-corrected chi connectivity index (χ2v) is 7.02. The van der Waals surface area contributed by atoms with Gasteiger partial charge in [0.1, 0.15) is 0 Å². The van der Waals surface area contributed by atoms with Gasteiger partial charge in [-0.2, -0.15) is 0 Å². The summed E-state index contributed by atoms with van der Waals surface area (Å²) in [5, 5.41) is 3.57. The van der Waals surface area contributed by atoms with E-state index < -0.39 is 6.36 Å². The summed E-state index contributed by atoms with van der Waals surface area (Å²) in [6.45, 7) is 8.13. The highest BCUT2D eigenvalue weighted by Gasteiger charge is 2.41. The standard InChI is InChI=1S/C14H25F3N2O/c1-13(2,3)12-8-18-11(10-4-5-10)9-19(12)6-7-20-14(15,16)17/h10-12,18H,4-9H2,1-3H3. The minimum Gasteiger partial charge on any atom is -0.311 e. The number of hydrogen-bond acceptors (Lipinski definition) is 3. The summed E-state index contributed by atoms with van der Waals surface area (Å²) < 4.78 is 40.3. The van der Waals surface area contributed by atoms with Gasteiger partial charge in [0.05, 0.1) is 6.61 Å². The Bertz CT molecular complexity index is 323. The highest BCUT2D eigenvalue weighted by molar-refractivity contribution is 4.97. The van der Waals surface area contributed by atoms with Crippen LogP contribution in [0.25, 0.3) is 0 Å². The smallest absolute Gasteiger partial charge is 0.311 e. The first-order valence-corrected chi connectivity index (χ1v) is 7.35. The first-order chi connectivity index (χ1) is 9.17. The minimum absolute atomic E-state index is 0.0414. The average molecular weight is 294 g/mol. The van der Waals surface area contributed by atoms with E-state index in [0.717, 1.165) is 13.1 Å². The first-order valence-electron chi connectivity index (χ1n) is 7.35. The SMILES string of the molecule is CC(C)(C)C1CNC(C2CC2)CN1CCOC(F)(F)F. The summed E-state index contributed by atoms with van der Waals surface area (Å²) in [6, 6.07) is 0.675. The fourth-order valence-corrected chi connectivity index (χ4v) is 3.03. The van der Waals surface area contributed by atoms with Crippen LogP contribution in [0.3, 0.4) is 0 Å². The number of alkyl halides is 3. The van der Waals surface area contributed by atoms with Crippen molar-refractivity contribution in [3.8, 4) is 0 Å². The highest BCUT2D eigenvalue weighted by atomic mass is 19.4. The predicted molar refractivity (Wildman–Crippen MR) is 71.3 cm³/mol. The van der Waals surface area contributed by atoms with E-state index in [1.807, 2.05) is 0 Å². The molecule has 0 aromatic rings. The Hall–Kier alpha value is -0.330. The summed E-state index contributed by atoms with van der Waals surface area (Å²) in [4.78, 5) is 2.17. The summed E-state index contributed by atoms with van der Waals surface area (Å²) in [5.74, 6) is 0.710. The van der Waals surface area contributed by atoms with Crippen molar-refractivity contribution in [2.75, 3.05) is 26.2 Å². The number of hydrogen-bond donors (Lipinski definition) is 1. The highest BCUT2D eigenvalue weighted by Crippen LogP contribution is 2.36. The van der Waals surface area contributed by atoms with Gasteiger partial charge < -0.3 is 5.32 Å². The quantitative estimate of drug-likeness (QED) is 0.862. The van der Waals surface area contributed by atoms with E-state index in [1.165, 1.54) is 12.8 Å². The lowest BCUT2D eigenvalue weighted by Crippen LogP contribution is -2.61. The van der Waals surface area contributed by atoms with E-state index in [2.05, 4.69) is 35.7 Å². The number of nitrogens with one attached hydrogen (secondary N) is 1. The van der Waals surface area contributed by atoms with Crippen LogP contribution in [0, 0.1) is 11.3 Å². The Morgan fingerprint density at radius 1 is 1.20 bits per heavy atom. The van der Waals surface area contributed by atoms with Crippen LogP contribution >= 0.6 is 0 Å². The third-order valence-electron chi connectivity index (χ3n) is 4.28. The van der Waals surface area contributed by atoms with E-state index in [9.17, 15) is 13.2 Å². The molecular weight excluding hydrogens is 269 g/mol. The van der Waals surface area contributed by atoms with Crippen LogP contribution in [0.2, 0.25) is 0 Å². The predicted octanol–water partition coefficient (Wildman–Crippen LogP) is 2.62. The molecule has 1 saturated heterocycles. The van der Waals surface area contributed by atoms with Crippen LogP contribution in [-0.2, 0) is 4.74 Å². The molecule has 6 heteroatoms. The Morgan fingerprint density at radius 2 is 1.85 bits per heavy atom. The molecular formula is C14H25F3N2O. The number of rotatable bonds is 4. The van der Waals surface area contributed by atoms with Crippen LogP contribution in [-0.4, -0.2) is 49.6 Å². The molecule has 0 aromatic heterocycles. The molecule has 0 bridgehead atoms. The van der Waals surface area contributed by atoms with Gasteiger partial charge in [0, 0.05) is 31.7 Å². The van der Waals surface area contributed by atoms with Crippen molar-refractivity contribution in [3.63, 3.8) is 0 Å². The molecule has 20 heavy (non-hydrogen) atoms. The fourth-order valence-electron chi connectivity index (χ4n) is 3.03. The van der Waals surface area contributed by atoms with E-state index >= 15 is 0 Å². The van der Waals surface area contributed by atoms with Gasteiger partial charge in [0.2, 0.25) is 0 Å². The average Bonchev–Trinajstić information content (AvgIpc) is 3.09. The maximum Gasteiger partial charge on any atom is 0.522 e. The van der Waals surface area contributed by atoms with Crippen LogP contribution in [0.5, 0.6) is 0 Å². The van der Waals surface area contributed by atoms with Crippen LogP contribution in [0.4, 0.5) is 13.2 Å². The second kappa shape index (κ2) is 5.81. The third kappa shape index (κ3) is 4.60. The first kappa shape index (κ1) is 16.0. The Kier molecular flexibility index (Phi) is 4.66. The van der Waals surface area contributed by atoms with Crippen molar-refractivity contribution in [1.82, 2.24) is 10.2 Å². The number of ether oxygens (including phenoxy) is 1. The zero-order valence-electron chi connectivity index (χ0n) is 12.5. The van der Waals surface area contributed by atoms with Gasteiger partial charge in [0.25, 0.3) is 0 Å². The Balaban J connectivity index is 1.91. The Labute approximate surface area is 118 Å². The molecule has 1 aliphatic heterocycles. The van der Waals surface area contributed by atoms with Crippen LogP contribution in [0.15, 0.2) is 0 Å². The zero-order chi connectivity index (χ0) is 15.0. The molecule has 1 aliphatic carbocycles. The third-order valence-corrected chi connectivity index (χ3v) is 4.28. The van der Waals surface area contributed by atoms with Gasteiger partial charge in [0.15, 0.2) is 0 Å². The number of halogens is 3. The van der Waals surface area contributed by atoms with Crippen molar-refractivity contribution in [2.24, 2.45) is 11.3 Å². The lowest BCUT2D eigenvalue weighted by Gasteiger charge is -2.46. The topological polar surface area (TPSA) is 24.5 Å². The van der Waals surface area contributed by atoms with Gasteiger partial charge in [-0.1, -0.05) is 20.8 Å². The Morgan fingerprint density at radius 3 is 2.35 bits per heavy atom. The molecule has 118 valence electrons. The lowest BCUT2D eigenvalue weighted by molar-refractivity contribution is -0.325. The van der Waals surface area contributed by atoms with Crippen LogP contribution < -0.4 is 5.32 Å². The lowest BCUT2D eigenvalue weighted by atomic mass is 9.83. The maximum absolute atomic E-state index is 12.1. The molecule has 0 aromatic carbocycles. The molecule has 1 N–H and O–H groups in total. The minimum atomic E-state index is -4.53. The molecule has 0 spiro atoms. The molecule has 2 fully saturated rings. The van der Waals surface area contributed by atoms with Crippen LogP contribution in [0.1, 0.15) is 33.6 Å². The monoisotopic (exact) mass is 294 g/mol. The summed E-state index contributed by atoms with van der Waals surface area (Å²) >= 11 is 0. The molecule has 3 nitrogen and oxygen atoms in total.